The Balaban J connectivity index is 2.59. The maximum absolute atomic E-state index is 11.9. The van der Waals surface area contributed by atoms with E-state index in [4.69, 9.17) is 5.73 Å². The average molecular weight is 286 g/mol. The van der Waals surface area contributed by atoms with Gasteiger partial charge in [0.05, 0.1) is 6.10 Å². The van der Waals surface area contributed by atoms with E-state index in [9.17, 15) is 9.90 Å². The number of hydrogen-bond donors (Lipinski definition) is 3. The van der Waals surface area contributed by atoms with Crippen LogP contribution in [-0.2, 0) is 0 Å². The maximum Gasteiger partial charge on any atom is 0.265 e. The number of rotatable bonds is 7. The molecule has 0 radical (unpaired) electrons. The molecule has 0 aliphatic carbocycles. The summed E-state index contributed by atoms with van der Waals surface area (Å²) in [6.07, 6.45) is 0.855. The van der Waals surface area contributed by atoms with Crippen LogP contribution in [0.1, 0.15) is 36.4 Å². The Morgan fingerprint density at radius 3 is 2.84 bits per heavy atom. The zero-order valence-corrected chi connectivity index (χ0v) is 12.5. The lowest BCUT2D eigenvalue weighted by Gasteiger charge is -2.11. The van der Waals surface area contributed by atoms with Gasteiger partial charge in [0.1, 0.15) is 10.7 Å². The monoisotopic (exact) mass is 286 g/mol. The number of aliphatic hydroxyl groups excluding tert-OH is 1. The molecule has 0 spiro atoms. The molecule has 0 saturated carbocycles. The van der Waals surface area contributed by atoms with Crippen molar-refractivity contribution in [3.8, 4) is 0 Å². The lowest BCUT2D eigenvalue weighted by Crippen LogP contribution is -2.26. The molecule has 4 N–H and O–H groups in total. The van der Waals surface area contributed by atoms with Crippen LogP contribution < -0.4 is 16.0 Å². The van der Waals surface area contributed by atoms with E-state index in [-0.39, 0.29) is 17.8 Å². The summed E-state index contributed by atoms with van der Waals surface area (Å²) in [6.45, 7) is 5.14. The van der Waals surface area contributed by atoms with E-state index in [1.54, 1.807) is 0 Å². The number of nitrogens with one attached hydrogen (secondary N) is 1. The molecule has 108 valence electrons. The van der Waals surface area contributed by atoms with Crippen molar-refractivity contribution in [1.29, 1.82) is 0 Å². The third-order valence-electron chi connectivity index (χ3n) is 2.88. The van der Waals surface area contributed by atoms with Crippen LogP contribution >= 0.6 is 11.3 Å². The molecule has 1 unspecified atom stereocenters. The minimum atomic E-state index is -0.374. The molecular formula is C12H22N4O2S. The van der Waals surface area contributed by atoms with Crippen LogP contribution in [0.2, 0.25) is 0 Å². The normalized spacial score (nSPS) is 12.2. The van der Waals surface area contributed by atoms with E-state index >= 15 is 0 Å². The second-order valence-corrected chi connectivity index (χ2v) is 5.31. The highest BCUT2D eigenvalue weighted by Gasteiger charge is 2.17. The van der Waals surface area contributed by atoms with Gasteiger partial charge in [-0.1, -0.05) is 18.3 Å². The van der Waals surface area contributed by atoms with E-state index in [1.807, 2.05) is 25.8 Å². The number of aliphatic hydroxyl groups is 1. The average Bonchev–Trinajstić information content (AvgIpc) is 2.79. The largest absolute Gasteiger partial charge is 0.393 e. The van der Waals surface area contributed by atoms with E-state index in [2.05, 4.69) is 10.3 Å². The zero-order valence-electron chi connectivity index (χ0n) is 11.6. The highest BCUT2D eigenvalue weighted by molar-refractivity contribution is 7.18. The molecular weight excluding hydrogens is 264 g/mol. The smallest absolute Gasteiger partial charge is 0.265 e. The second-order valence-electron chi connectivity index (χ2n) is 4.33. The van der Waals surface area contributed by atoms with Crippen LogP contribution in [0.5, 0.6) is 0 Å². The zero-order chi connectivity index (χ0) is 14.4. The molecule has 1 rings (SSSR count). The molecule has 19 heavy (non-hydrogen) atoms. The summed E-state index contributed by atoms with van der Waals surface area (Å²) in [5.74, 6) is 0.0305. The maximum atomic E-state index is 11.9. The first kappa shape index (κ1) is 15.7. The van der Waals surface area contributed by atoms with Gasteiger partial charge in [-0.2, -0.15) is 0 Å². The predicted molar refractivity (Wildman–Crippen MR) is 78.7 cm³/mol. The first-order chi connectivity index (χ1) is 8.99. The van der Waals surface area contributed by atoms with Crippen LogP contribution in [0.25, 0.3) is 0 Å². The highest BCUT2D eigenvalue weighted by atomic mass is 32.1. The van der Waals surface area contributed by atoms with Crippen LogP contribution in [0.3, 0.4) is 0 Å². The standard InChI is InChI=1S/C12H22N4O2S/c1-4-8(17)6-7-14-11(18)9-10(13)15-12(19-9)16(3)5-2/h8,17H,4-7,13H2,1-3H3,(H,14,18). The van der Waals surface area contributed by atoms with Crippen molar-refractivity contribution in [2.75, 3.05) is 30.8 Å². The molecule has 1 atom stereocenters. The van der Waals surface area contributed by atoms with Crippen molar-refractivity contribution in [1.82, 2.24) is 10.3 Å². The SMILES string of the molecule is CCC(O)CCNC(=O)c1sc(N(C)CC)nc1N. The first-order valence-electron chi connectivity index (χ1n) is 6.43. The summed E-state index contributed by atoms with van der Waals surface area (Å²) in [5, 5.41) is 12.9. The van der Waals surface area contributed by atoms with Gasteiger partial charge in [0.2, 0.25) is 0 Å². The number of carbonyl (C=O) groups is 1. The number of hydrogen-bond acceptors (Lipinski definition) is 6. The van der Waals surface area contributed by atoms with Gasteiger partial charge in [0, 0.05) is 20.1 Å². The topological polar surface area (TPSA) is 91.5 Å². The summed E-state index contributed by atoms with van der Waals surface area (Å²) in [6, 6.07) is 0. The Bertz CT molecular complexity index is 422. The lowest BCUT2D eigenvalue weighted by molar-refractivity contribution is 0.0946. The fourth-order valence-electron chi connectivity index (χ4n) is 1.42. The number of thiazole rings is 1. The van der Waals surface area contributed by atoms with Crippen LogP contribution in [-0.4, -0.2) is 42.2 Å². The van der Waals surface area contributed by atoms with Gasteiger partial charge in [-0.3, -0.25) is 4.79 Å². The summed E-state index contributed by atoms with van der Waals surface area (Å²) in [5.41, 5.74) is 5.75. The summed E-state index contributed by atoms with van der Waals surface area (Å²) < 4.78 is 0. The molecule has 0 fully saturated rings. The molecule has 0 saturated heterocycles. The van der Waals surface area contributed by atoms with E-state index < -0.39 is 0 Å². The number of nitrogens with zero attached hydrogens (tertiary/aromatic N) is 2. The summed E-state index contributed by atoms with van der Waals surface area (Å²) in [7, 11) is 1.90. The summed E-state index contributed by atoms with van der Waals surface area (Å²) >= 11 is 1.28. The molecule has 0 aliphatic rings. The molecule has 1 aromatic rings. The minimum Gasteiger partial charge on any atom is -0.393 e. The Kier molecular flexibility index (Phi) is 6.04. The molecule has 1 aromatic heterocycles. The molecule has 7 heteroatoms. The van der Waals surface area contributed by atoms with E-state index in [1.165, 1.54) is 11.3 Å². The Morgan fingerprint density at radius 2 is 2.26 bits per heavy atom. The third-order valence-corrected chi connectivity index (χ3v) is 4.07. The van der Waals surface area contributed by atoms with Gasteiger partial charge in [0.25, 0.3) is 5.91 Å². The number of carbonyl (C=O) groups excluding carboxylic acids is 1. The van der Waals surface area contributed by atoms with Gasteiger partial charge in [-0.05, 0) is 19.8 Å². The van der Waals surface area contributed by atoms with Crippen LogP contribution in [0, 0.1) is 0 Å². The van der Waals surface area contributed by atoms with Gasteiger partial charge in [-0.15, -0.1) is 0 Å². The molecule has 0 bridgehead atoms. The highest BCUT2D eigenvalue weighted by Crippen LogP contribution is 2.27. The molecule has 0 aliphatic heterocycles. The van der Waals surface area contributed by atoms with E-state index in [0.717, 1.165) is 11.7 Å². The number of anilines is 2. The predicted octanol–water partition coefficient (Wildman–Crippen LogP) is 1.07. The van der Waals surface area contributed by atoms with Crippen LogP contribution in [0.15, 0.2) is 0 Å². The van der Waals surface area contributed by atoms with Crippen molar-refractivity contribution >= 4 is 28.2 Å². The van der Waals surface area contributed by atoms with Gasteiger partial charge >= 0.3 is 0 Å². The van der Waals surface area contributed by atoms with Crippen molar-refractivity contribution in [3.63, 3.8) is 0 Å². The molecule has 6 nitrogen and oxygen atoms in total. The second kappa shape index (κ2) is 7.30. The van der Waals surface area contributed by atoms with E-state index in [0.29, 0.717) is 24.3 Å². The van der Waals surface area contributed by atoms with Gasteiger partial charge < -0.3 is 21.1 Å². The van der Waals surface area contributed by atoms with Gasteiger partial charge in [-0.25, -0.2) is 4.98 Å². The Labute approximate surface area is 117 Å². The number of amides is 1. The minimum absolute atomic E-state index is 0.228. The fourth-order valence-corrected chi connectivity index (χ4v) is 2.34. The van der Waals surface area contributed by atoms with Crippen molar-refractivity contribution in [2.45, 2.75) is 32.8 Å². The lowest BCUT2D eigenvalue weighted by atomic mass is 10.2. The number of nitrogen functional groups attached to an aromatic ring is 1. The van der Waals surface area contributed by atoms with Crippen LogP contribution in [0.4, 0.5) is 10.9 Å². The third kappa shape index (κ3) is 4.36. The van der Waals surface area contributed by atoms with Crippen molar-refractivity contribution in [3.05, 3.63) is 4.88 Å². The Morgan fingerprint density at radius 1 is 1.58 bits per heavy atom. The number of nitrogens with two attached hydrogens (primary N) is 1. The molecule has 1 heterocycles. The summed E-state index contributed by atoms with van der Waals surface area (Å²) in [4.78, 5) is 18.5. The fraction of sp³-hybridized carbons (Fsp3) is 0.667. The first-order valence-corrected chi connectivity index (χ1v) is 7.24. The number of aromatic nitrogens is 1. The van der Waals surface area contributed by atoms with Crippen molar-refractivity contribution < 1.29 is 9.90 Å². The molecule has 0 aromatic carbocycles. The Hall–Kier alpha value is -1.34. The van der Waals surface area contributed by atoms with Crippen molar-refractivity contribution in [2.24, 2.45) is 0 Å². The quantitative estimate of drug-likeness (QED) is 0.697. The molecule has 1 amide bonds. The van der Waals surface area contributed by atoms with Gasteiger partial charge in [0.15, 0.2) is 5.13 Å².